The first-order chi connectivity index (χ1) is 10.1. The minimum atomic E-state index is -0.423. The average Bonchev–Trinajstić information content (AvgIpc) is 2.46. The van der Waals surface area contributed by atoms with E-state index in [0.717, 1.165) is 23.4 Å². The van der Waals surface area contributed by atoms with E-state index in [-0.39, 0.29) is 11.7 Å². The molecular weight excluding hydrogens is 291 g/mol. The van der Waals surface area contributed by atoms with Crippen LogP contribution in [-0.2, 0) is 21.8 Å². The normalized spacial score (nSPS) is 19.5. The fourth-order valence-corrected chi connectivity index (χ4v) is 2.87. The molecule has 1 saturated heterocycles. The molecule has 1 amide bonds. The summed E-state index contributed by atoms with van der Waals surface area (Å²) in [6.45, 7) is 2.42. The van der Waals surface area contributed by atoms with Gasteiger partial charge >= 0.3 is 0 Å². The van der Waals surface area contributed by atoms with Crippen molar-refractivity contribution >= 4 is 17.7 Å². The Balaban J connectivity index is 1.94. The number of hydrogen-bond donors (Lipinski definition) is 1. The number of benzene rings is 1. The van der Waals surface area contributed by atoms with Crippen molar-refractivity contribution < 1.29 is 13.9 Å². The van der Waals surface area contributed by atoms with E-state index in [1.165, 1.54) is 12.1 Å². The van der Waals surface area contributed by atoms with Crippen LogP contribution in [0.4, 0.5) is 4.39 Å². The standard InChI is InChI=1S/C15H21FN2O2S/c1-18-5-6-20-14(9-18)15(19)17-8-11-3-4-13(16)7-12(11)10-21-2/h3-4,7,14H,5-6,8-10H2,1-2H3,(H,17,19)/t14-/m1/s1. The third-order valence-corrected chi connectivity index (χ3v) is 4.08. The van der Waals surface area contributed by atoms with Crippen LogP contribution in [0.25, 0.3) is 0 Å². The maximum atomic E-state index is 13.3. The number of nitrogens with one attached hydrogen (secondary N) is 1. The van der Waals surface area contributed by atoms with E-state index in [1.54, 1.807) is 17.8 Å². The molecule has 1 heterocycles. The van der Waals surface area contributed by atoms with Crippen LogP contribution in [0.5, 0.6) is 0 Å². The Kier molecular flexibility index (Phi) is 6.02. The van der Waals surface area contributed by atoms with Gasteiger partial charge in [-0.05, 0) is 36.6 Å². The van der Waals surface area contributed by atoms with Gasteiger partial charge in [0.05, 0.1) is 6.61 Å². The summed E-state index contributed by atoms with van der Waals surface area (Å²) in [5, 5.41) is 2.89. The molecule has 0 spiro atoms. The molecule has 1 aromatic carbocycles. The number of halogens is 1. The number of hydrogen-bond acceptors (Lipinski definition) is 4. The van der Waals surface area contributed by atoms with Crippen molar-refractivity contribution in [3.8, 4) is 0 Å². The van der Waals surface area contributed by atoms with Crippen molar-refractivity contribution in [3.05, 3.63) is 35.1 Å². The van der Waals surface area contributed by atoms with Gasteiger partial charge in [0.1, 0.15) is 11.9 Å². The number of carbonyl (C=O) groups is 1. The number of amides is 1. The zero-order valence-corrected chi connectivity index (χ0v) is 13.2. The van der Waals surface area contributed by atoms with Crippen molar-refractivity contribution in [2.45, 2.75) is 18.4 Å². The number of rotatable bonds is 5. The molecule has 0 bridgehead atoms. The molecule has 1 aliphatic heterocycles. The smallest absolute Gasteiger partial charge is 0.250 e. The molecule has 0 radical (unpaired) electrons. The molecule has 0 aliphatic carbocycles. The van der Waals surface area contributed by atoms with Gasteiger partial charge in [-0.1, -0.05) is 6.07 Å². The Morgan fingerprint density at radius 2 is 2.33 bits per heavy atom. The van der Waals surface area contributed by atoms with E-state index in [0.29, 0.717) is 19.7 Å². The van der Waals surface area contributed by atoms with Crippen LogP contribution in [0.15, 0.2) is 18.2 Å². The largest absolute Gasteiger partial charge is 0.366 e. The summed E-state index contributed by atoms with van der Waals surface area (Å²) in [5.41, 5.74) is 1.87. The van der Waals surface area contributed by atoms with Crippen LogP contribution < -0.4 is 5.32 Å². The number of morpholine rings is 1. The summed E-state index contributed by atoms with van der Waals surface area (Å²) in [6, 6.07) is 4.69. The van der Waals surface area contributed by atoms with Crippen LogP contribution in [0.2, 0.25) is 0 Å². The third-order valence-electron chi connectivity index (χ3n) is 3.48. The van der Waals surface area contributed by atoms with Gasteiger partial charge in [-0.25, -0.2) is 4.39 Å². The molecule has 21 heavy (non-hydrogen) atoms. The molecule has 0 unspecified atom stereocenters. The minimum absolute atomic E-state index is 0.110. The number of carbonyl (C=O) groups excluding carboxylic acids is 1. The zero-order valence-electron chi connectivity index (χ0n) is 12.4. The highest BCUT2D eigenvalue weighted by Crippen LogP contribution is 2.16. The molecule has 1 aliphatic rings. The molecule has 6 heteroatoms. The van der Waals surface area contributed by atoms with Crippen molar-refractivity contribution in [1.29, 1.82) is 0 Å². The van der Waals surface area contributed by atoms with Crippen molar-refractivity contribution in [1.82, 2.24) is 10.2 Å². The molecule has 4 nitrogen and oxygen atoms in total. The molecular formula is C15H21FN2O2S. The number of thioether (sulfide) groups is 1. The Hall–Kier alpha value is -1.11. The summed E-state index contributed by atoms with van der Waals surface area (Å²) >= 11 is 1.63. The number of nitrogens with zero attached hydrogens (tertiary/aromatic N) is 1. The van der Waals surface area contributed by atoms with Crippen LogP contribution in [0.1, 0.15) is 11.1 Å². The first-order valence-electron chi connectivity index (χ1n) is 6.94. The SMILES string of the molecule is CSCc1cc(F)ccc1CNC(=O)[C@H]1CN(C)CCO1. The highest BCUT2D eigenvalue weighted by molar-refractivity contribution is 7.97. The van der Waals surface area contributed by atoms with Gasteiger partial charge < -0.3 is 15.0 Å². The number of ether oxygens (including phenoxy) is 1. The molecule has 1 fully saturated rings. The van der Waals surface area contributed by atoms with E-state index in [9.17, 15) is 9.18 Å². The van der Waals surface area contributed by atoms with E-state index >= 15 is 0 Å². The highest BCUT2D eigenvalue weighted by atomic mass is 32.2. The molecule has 116 valence electrons. The summed E-state index contributed by atoms with van der Waals surface area (Å²) in [6.07, 6.45) is 1.55. The van der Waals surface area contributed by atoms with Crippen molar-refractivity contribution in [2.24, 2.45) is 0 Å². The van der Waals surface area contributed by atoms with Gasteiger partial charge in [0, 0.05) is 25.4 Å². The fourth-order valence-electron chi connectivity index (χ4n) is 2.29. The zero-order chi connectivity index (χ0) is 15.2. The molecule has 2 rings (SSSR count). The Labute approximate surface area is 129 Å². The maximum absolute atomic E-state index is 13.3. The van der Waals surface area contributed by atoms with E-state index in [2.05, 4.69) is 10.2 Å². The Morgan fingerprint density at radius 3 is 3.05 bits per heavy atom. The van der Waals surface area contributed by atoms with Gasteiger partial charge in [-0.2, -0.15) is 11.8 Å². The van der Waals surface area contributed by atoms with Crippen LogP contribution in [-0.4, -0.2) is 49.9 Å². The summed E-state index contributed by atoms with van der Waals surface area (Å²) in [4.78, 5) is 14.2. The molecule has 0 aromatic heterocycles. The monoisotopic (exact) mass is 312 g/mol. The van der Waals surface area contributed by atoms with Crippen LogP contribution >= 0.6 is 11.8 Å². The van der Waals surface area contributed by atoms with Gasteiger partial charge in [-0.3, -0.25) is 4.79 Å². The first-order valence-corrected chi connectivity index (χ1v) is 8.33. The van der Waals surface area contributed by atoms with Gasteiger partial charge in [0.25, 0.3) is 5.91 Å². The highest BCUT2D eigenvalue weighted by Gasteiger charge is 2.24. The molecule has 0 saturated carbocycles. The van der Waals surface area contributed by atoms with E-state index in [4.69, 9.17) is 4.74 Å². The predicted octanol–water partition coefficient (Wildman–Crippen LogP) is 1.64. The van der Waals surface area contributed by atoms with Crippen LogP contribution in [0.3, 0.4) is 0 Å². The van der Waals surface area contributed by atoms with Crippen molar-refractivity contribution in [2.75, 3.05) is 33.0 Å². The third kappa shape index (κ3) is 4.69. The lowest BCUT2D eigenvalue weighted by atomic mass is 10.1. The molecule has 1 aromatic rings. The quantitative estimate of drug-likeness (QED) is 0.897. The fraction of sp³-hybridized carbons (Fsp3) is 0.533. The summed E-state index contributed by atoms with van der Waals surface area (Å²) in [7, 11) is 1.97. The lowest BCUT2D eigenvalue weighted by molar-refractivity contribution is -0.137. The maximum Gasteiger partial charge on any atom is 0.250 e. The van der Waals surface area contributed by atoms with E-state index < -0.39 is 6.10 Å². The average molecular weight is 312 g/mol. The lowest BCUT2D eigenvalue weighted by Gasteiger charge is -2.29. The molecule has 1 atom stereocenters. The second-order valence-corrected chi connectivity index (χ2v) is 6.05. The van der Waals surface area contributed by atoms with Crippen LogP contribution in [0, 0.1) is 5.82 Å². The van der Waals surface area contributed by atoms with Gasteiger partial charge in [0.2, 0.25) is 0 Å². The second-order valence-electron chi connectivity index (χ2n) is 5.19. The second kappa shape index (κ2) is 7.77. The topological polar surface area (TPSA) is 41.6 Å². The first kappa shape index (κ1) is 16.3. The Morgan fingerprint density at radius 1 is 1.52 bits per heavy atom. The van der Waals surface area contributed by atoms with Gasteiger partial charge in [0.15, 0.2) is 0 Å². The summed E-state index contributed by atoms with van der Waals surface area (Å²) in [5.74, 6) is 0.373. The number of likely N-dealkylation sites (N-methyl/N-ethyl adjacent to an activating group) is 1. The predicted molar refractivity (Wildman–Crippen MR) is 82.7 cm³/mol. The van der Waals surface area contributed by atoms with Gasteiger partial charge in [-0.15, -0.1) is 0 Å². The lowest BCUT2D eigenvalue weighted by Crippen LogP contribution is -2.48. The Bertz CT molecular complexity index is 499. The molecule has 1 N–H and O–H groups in total. The van der Waals surface area contributed by atoms with Crippen molar-refractivity contribution in [3.63, 3.8) is 0 Å². The summed E-state index contributed by atoms with van der Waals surface area (Å²) < 4.78 is 18.8. The minimum Gasteiger partial charge on any atom is -0.366 e. The van der Waals surface area contributed by atoms with E-state index in [1.807, 2.05) is 13.3 Å².